The highest BCUT2D eigenvalue weighted by Crippen LogP contribution is 2.16. The Morgan fingerprint density at radius 3 is 1.17 bits per heavy atom. The molecular weight excluding hydrogens is 935 g/mol. The highest BCUT2D eigenvalue weighted by molar-refractivity contribution is 5.70. The Morgan fingerprint density at radius 2 is 0.773 bits per heavy atom. The van der Waals surface area contributed by atoms with Crippen LogP contribution in [0.4, 0.5) is 0 Å². The summed E-state index contributed by atoms with van der Waals surface area (Å²) in [5.74, 6) is -2.37. The van der Waals surface area contributed by atoms with Crippen molar-refractivity contribution in [3.63, 3.8) is 0 Å². The number of aliphatic carboxylic acids is 1. The number of carbonyl (C=O) groups excluding carboxylic acids is 3. The highest BCUT2D eigenvalue weighted by atomic mass is 16.7. The van der Waals surface area contributed by atoms with E-state index in [1.54, 1.807) is 0 Å². The minimum Gasteiger partial charge on any atom is -0.545 e. The molecular formula is C66H113NO8. The van der Waals surface area contributed by atoms with Crippen LogP contribution in [0.5, 0.6) is 0 Å². The fraction of sp³-hybridized carbons (Fsp3) is 0.712. The minimum absolute atomic E-state index is 0.133. The Bertz CT molecular complexity index is 1550. The summed E-state index contributed by atoms with van der Waals surface area (Å²) in [5.41, 5.74) is 0. The maximum absolute atomic E-state index is 12.8. The van der Waals surface area contributed by atoms with E-state index >= 15 is 0 Å². The van der Waals surface area contributed by atoms with Crippen LogP contribution >= 0.6 is 0 Å². The van der Waals surface area contributed by atoms with Gasteiger partial charge in [0, 0.05) is 12.8 Å². The predicted octanol–water partition coefficient (Wildman–Crippen LogP) is 16.8. The third-order valence-electron chi connectivity index (χ3n) is 12.8. The zero-order valence-electron chi connectivity index (χ0n) is 48.9. The van der Waals surface area contributed by atoms with Crippen LogP contribution in [0.15, 0.2) is 97.2 Å². The first kappa shape index (κ1) is 71.2. The summed E-state index contributed by atoms with van der Waals surface area (Å²) in [6, 6.07) is 0. The standard InChI is InChI=1S/C66H113NO8/c1-6-8-10-12-14-16-18-20-22-24-25-26-27-28-29-30-31-32-33-34-35-36-37-38-39-41-42-44-46-48-50-52-54-56-63(68)73-60-62(61-74-66(65(70)71)72-59-58-67(3,4)5)75-64(69)57-55-53-51-49-47-45-43-40-23-21-19-17-15-13-11-9-7-2/h9,11,15,17-18,20-21,23-25,27-28,43,45,49,51,62,66H,6-8,10,12-14,16,19,22,26,29-42,44,46-48,50,52-61H2,1-5H3/b11-9-,17-15-,20-18-,23-21-,25-24-,28-27-,45-43-,51-49-. The average molecular weight is 1050 g/mol. The van der Waals surface area contributed by atoms with E-state index in [-0.39, 0.29) is 38.6 Å². The number of esters is 2. The molecule has 0 aromatic carbocycles. The quantitative estimate of drug-likeness (QED) is 0.0195. The molecule has 0 aliphatic rings. The van der Waals surface area contributed by atoms with Crippen molar-refractivity contribution in [3.05, 3.63) is 97.2 Å². The van der Waals surface area contributed by atoms with E-state index in [9.17, 15) is 19.5 Å². The summed E-state index contributed by atoms with van der Waals surface area (Å²) < 4.78 is 22.6. The van der Waals surface area contributed by atoms with Crippen LogP contribution in [0.2, 0.25) is 0 Å². The minimum atomic E-state index is -1.64. The Hall–Kier alpha value is -3.79. The first-order valence-corrected chi connectivity index (χ1v) is 30.4. The SMILES string of the molecule is CC/C=C\C/C=C\C/C=C\C/C=C\C/C=C\CCCC(=O)OC(COC(=O)CCCCCCCCCCCCCCCCCCCC/C=C\C/C=C\C/C=C\CCCCCCC)COC(OCC[N+](C)(C)C)C(=O)[O-]. The number of hydrogen-bond donors (Lipinski definition) is 0. The second-order valence-electron chi connectivity index (χ2n) is 21.3. The van der Waals surface area contributed by atoms with Crippen molar-refractivity contribution >= 4 is 17.9 Å². The molecule has 9 nitrogen and oxygen atoms in total. The van der Waals surface area contributed by atoms with Crippen molar-refractivity contribution in [2.75, 3.05) is 47.5 Å². The maximum atomic E-state index is 12.8. The summed E-state index contributed by atoms with van der Waals surface area (Å²) in [7, 11) is 5.90. The van der Waals surface area contributed by atoms with Crippen molar-refractivity contribution < 1.29 is 42.9 Å². The van der Waals surface area contributed by atoms with Gasteiger partial charge in [0.1, 0.15) is 13.2 Å². The Kier molecular flexibility index (Phi) is 53.6. The van der Waals surface area contributed by atoms with Gasteiger partial charge in [-0.15, -0.1) is 0 Å². The van der Waals surface area contributed by atoms with Gasteiger partial charge >= 0.3 is 11.9 Å². The monoisotopic (exact) mass is 1050 g/mol. The van der Waals surface area contributed by atoms with E-state index in [4.69, 9.17) is 18.9 Å². The molecule has 0 aromatic heterocycles. The van der Waals surface area contributed by atoms with Crippen molar-refractivity contribution in [1.29, 1.82) is 0 Å². The topological polar surface area (TPSA) is 111 Å². The van der Waals surface area contributed by atoms with Gasteiger partial charge in [0.05, 0.1) is 40.3 Å². The van der Waals surface area contributed by atoms with E-state index in [0.29, 0.717) is 23.9 Å². The molecule has 0 N–H and O–H groups in total. The van der Waals surface area contributed by atoms with Crippen LogP contribution in [0.3, 0.4) is 0 Å². The number of ether oxygens (including phenoxy) is 4. The lowest BCUT2D eigenvalue weighted by Gasteiger charge is -2.26. The van der Waals surface area contributed by atoms with Gasteiger partial charge < -0.3 is 33.3 Å². The third kappa shape index (κ3) is 57.7. The Morgan fingerprint density at radius 1 is 0.413 bits per heavy atom. The number of allylic oxidation sites excluding steroid dienone is 16. The Balaban J connectivity index is 4.15. The van der Waals surface area contributed by atoms with Gasteiger partial charge in [0.15, 0.2) is 12.4 Å². The first-order valence-electron chi connectivity index (χ1n) is 30.4. The van der Waals surface area contributed by atoms with E-state index in [2.05, 4.69) is 111 Å². The molecule has 0 bridgehead atoms. The van der Waals surface area contributed by atoms with Gasteiger partial charge in [-0.3, -0.25) is 9.59 Å². The molecule has 0 aromatic rings. The van der Waals surface area contributed by atoms with E-state index in [0.717, 1.165) is 64.2 Å². The average Bonchev–Trinajstić information content (AvgIpc) is 3.38. The predicted molar refractivity (Wildman–Crippen MR) is 315 cm³/mol. The number of carbonyl (C=O) groups is 3. The summed E-state index contributed by atoms with van der Waals surface area (Å²) in [4.78, 5) is 37.2. The second-order valence-corrected chi connectivity index (χ2v) is 21.3. The molecule has 0 rings (SSSR count). The molecule has 9 heteroatoms. The maximum Gasteiger partial charge on any atom is 0.306 e. The molecule has 75 heavy (non-hydrogen) atoms. The zero-order chi connectivity index (χ0) is 54.8. The Labute approximate surface area is 461 Å². The zero-order valence-corrected chi connectivity index (χ0v) is 48.9. The largest absolute Gasteiger partial charge is 0.545 e. The van der Waals surface area contributed by atoms with E-state index in [1.165, 1.54) is 141 Å². The van der Waals surface area contributed by atoms with Crippen molar-refractivity contribution in [2.45, 2.75) is 257 Å². The van der Waals surface area contributed by atoms with Crippen LogP contribution in [0.25, 0.3) is 0 Å². The fourth-order valence-electron chi connectivity index (χ4n) is 8.17. The van der Waals surface area contributed by atoms with Crippen molar-refractivity contribution in [3.8, 4) is 0 Å². The van der Waals surface area contributed by atoms with E-state index in [1.807, 2.05) is 21.1 Å². The molecule has 0 amide bonds. The van der Waals surface area contributed by atoms with Crippen LogP contribution in [0, 0.1) is 0 Å². The molecule has 0 saturated heterocycles. The number of quaternary nitrogens is 1. The summed E-state index contributed by atoms with van der Waals surface area (Å²) in [6.45, 7) is 4.56. The summed E-state index contributed by atoms with van der Waals surface area (Å²) in [6.07, 6.45) is 73.4. The number of unbranched alkanes of at least 4 members (excludes halogenated alkanes) is 24. The lowest BCUT2D eigenvalue weighted by Crippen LogP contribution is -2.44. The van der Waals surface area contributed by atoms with Crippen molar-refractivity contribution in [1.82, 2.24) is 0 Å². The molecule has 0 fully saturated rings. The molecule has 0 spiro atoms. The lowest BCUT2D eigenvalue weighted by molar-refractivity contribution is -0.870. The fourth-order valence-corrected chi connectivity index (χ4v) is 8.17. The number of carboxylic acids is 1. The van der Waals surface area contributed by atoms with Gasteiger partial charge in [-0.2, -0.15) is 0 Å². The lowest BCUT2D eigenvalue weighted by atomic mass is 10.0. The van der Waals surface area contributed by atoms with Crippen LogP contribution in [-0.2, 0) is 33.3 Å². The number of likely N-dealkylation sites (N-methyl/N-ethyl adjacent to an activating group) is 1. The highest BCUT2D eigenvalue weighted by Gasteiger charge is 2.22. The van der Waals surface area contributed by atoms with Gasteiger partial charge in [-0.05, 0) is 89.9 Å². The van der Waals surface area contributed by atoms with Crippen LogP contribution in [0.1, 0.15) is 245 Å². The van der Waals surface area contributed by atoms with E-state index < -0.39 is 24.3 Å². The van der Waals surface area contributed by atoms with Crippen molar-refractivity contribution in [2.24, 2.45) is 0 Å². The number of carboxylic acid groups (broad SMARTS) is 1. The summed E-state index contributed by atoms with van der Waals surface area (Å²) >= 11 is 0. The van der Waals surface area contributed by atoms with Crippen LogP contribution < -0.4 is 5.11 Å². The molecule has 430 valence electrons. The second kappa shape index (κ2) is 56.4. The van der Waals surface area contributed by atoms with Gasteiger partial charge in [0.2, 0.25) is 0 Å². The normalized spacial score (nSPS) is 13.5. The number of rotatable bonds is 55. The van der Waals surface area contributed by atoms with Gasteiger partial charge in [0.25, 0.3) is 0 Å². The molecule has 0 aliphatic heterocycles. The molecule has 0 heterocycles. The molecule has 2 atom stereocenters. The number of hydrogen-bond acceptors (Lipinski definition) is 8. The summed E-state index contributed by atoms with van der Waals surface area (Å²) in [5, 5.41) is 11.8. The third-order valence-corrected chi connectivity index (χ3v) is 12.8. The van der Waals surface area contributed by atoms with Crippen LogP contribution in [-0.4, -0.2) is 82.3 Å². The van der Waals surface area contributed by atoms with Gasteiger partial charge in [-0.1, -0.05) is 239 Å². The smallest absolute Gasteiger partial charge is 0.306 e. The first-order chi connectivity index (χ1) is 36.6. The molecule has 2 unspecified atom stereocenters. The molecule has 0 aliphatic carbocycles. The van der Waals surface area contributed by atoms with Gasteiger partial charge in [-0.25, -0.2) is 0 Å². The molecule has 0 saturated carbocycles. The molecule has 0 radical (unpaired) electrons. The number of nitrogens with zero attached hydrogens (tertiary/aromatic N) is 1.